The van der Waals surface area contributed by atoms with Crippen molar-refractivity contribution in [3.63, 3.8) is 0 Å². The van der Waals surface area contributed by atoms with Crippen LogP contribution in [-0.4, -0.2) is 82.8 Å². The maximum atomic E-state index is 15.0. The van der Waals surface area contributed by atoms with Crippen LogP contribution in [0.3, 0.4) is 0 Å². The Labute approximate surface area is 200 Å². The quantitative estimate of drug-likeness (QED) is 0.616. The molecule has 2 aliphatic rings. The summed E-state index contributed by atoms with van der Waals surface area (Å²) in [5.74, 6) is -2.42. The normalized spacial score (nSPS) is 19.9. The van der Waals surface area contributed by atoms with Crippen LogP contribution in [0.2, 0.25) is 0 Å². The lowest BCUT2D eigenvalue weighted by molar-refractivity contribution is -0.160. The van der Waals surface area contributed by atoms with E-state index in [1.807, 2.05) is 0 Å². The van der Waals surface area contributed by atoms with E-state index in [9.17, 15) is 13.6 Å². The second-order valence-corrected chi connectivity index (χ2v) is 8.76. The van der Waals surface area contributed by atoms with E-state index in [0.717, 1.165) is 0 Å². The van der Waals surface area contributed by atoms with E-state index in [0.29, 0.717) is 18.8 Å². The summed E-state index contributed by atoms with van der Waals surface area (Å²) >= 11 is 4.90. The molecule has 1 atom stereocenters. The molecule has 3 heterocycles. The number of methoxy groups -OCH3 is 1. The standard InChI is InChI=1S/C21H26F2N6O4S/c1-21(2)32-12-17(33-21)19(30)28-6-4-27(5-7-28)18-15(22)8-14(9-16(18)23)29-11-13(25-26-29)10-24-20(34)31-3/h8-9,11,17H,4-7,10,12H2,1-3H3,(H,24,34)/t17-/m1/s1. The molecule has 0 spiro atoms. The lowest BCUT2D eigenvalue weighted by Crippen LogP contribution is -2.52. The molecular formula is C21H26F2N6O4S. The number of thiocarbonyl (C=S) groups is 1. The second-order valence-electron chi connectivity index (χ2n) is 8.39. The van der Waals surface area contributed by atoms with Gasteiger partial charge in [0.25, 0.3) is 11.1 Å². The zero-order valence-electron chi connectivity index (χ0n) is 19.1. The Bertz CT molecular complexity index is 1050. The number of carbonyl (C=O) groups is 1. The summed E-state index contributed by atoms with van der Waals surface area (Å²) in [5, 5.41) is 10.9. The number of piperazine rings is 1. The SMILES string of the molecule is COC(=S)NCc1cn(-c2cc(F)c(N3CCN(C(=O)[C@H]4COC(C)(C)O4)CC3)c(F)c2)nn1. The van der Waals surface area contributed by atoms with E-state index in [2.05, 4.69) is 15.6 Å². The van der Waals surface area contributed by atoms with Crippen molar-refractivity contribution in [1.29, 1.82) is 0 Å². The average molecular weight is 497 g/mol. The van der Waals surface area contributed by atoms with Crippen molar-refractivity contribution in [1.82, 2.24) is 25.2 Å². The van der Waals surface area contributed by atoms with Gasteiger partial charge in [0, 0.05) is 38.3 Å². The maximum Gasteiger partial charge on any atom is 0.256 e. The van der Waals surface area contributed by atoms with Gasteiger partial charge in [-0.1, -0.05) is 5.21 Å². The Morgan fingerprint density at radius 1 is 1.26 bits per heavy atom. The van der Waals surface area contributed by atoms with E-state index in [1.54, 1.807) is 29.8 Å². The van der Waals surface area contributed by atoms with Crippen molar-refractivity contribution in [2.45, 2.75) is 32.3 Å². The molecule has 0 saturated carbocycles. The summed E-state index contributed by atoms with van der Waals surface area (Å²) in [6.07, 6.45) is 0.877. The molecule has 13 heteroatoms. The number of benzene rings is 1. The average Bonchev–Trinajstić information content (AvgIpc) is 3.43. The first kappa shape index (κ1) is 24.2. The number of hydrogen-bond donors (Lipinski definition) is 1. The van der Waals surface area contributed by atoms with E-state index >= 15 is 0 Å². The highest BCUT2D eigenvalue weighted by molar-refractivity contribution is 7.80. The number of nitrogens with zero attached hydrogens (tertiary/aromatic N) is 5. The van der Waals surface area contributed by atoms with Crippen molar-refractivity contribution in [3.05, 3.63) is 35.7 Å². The molecule has 1 aromatic carbocycles. The van der Waals surface area contributed by atoms with Crippen LogP contribution in [0.25, 0.3) is 5.69 Å². The lowest BCUT2D eigenvalue weighted by Gasteiger charge is -2.37. The molecule has 2 aromatic rings. The van der Waals surface area contributed by atoms with Crippen LogP contribution >= 0.6 is 12.2 Å². The fourth-order valence-electron chi connectivity index (χ4n) is 3.89. The smallest absolute Gasteiger partial charge is 0.256 e. The molecule has 1 aromatic heterocycles. The number of rotatable bonds is 5. The molecule has 2 saturated heterocycles. The van der Waals surface area contributed by atoms with Gasteiger partial charge in [0.2, 0.25) is 0 Å². The number of nitrogens with one attached hydrogen (secondary N) is 1. The molecule has 184 valence electrons. The van der Waals surface area contributed by atoms with Crippen LogP contribution in [0.1, 0.15) is 19.5 Å². The van der Waals surface area contributed by atoms with Crippen molar-refractivity contribution >= 4 is 29.0 Å². The number of halogens is 2. The first-order valence-electron chi connectivity index (χ1n) is 10.7. The van der Waals surface area contributed by atoms with Gasteiger partial charge in [-0.3, -0.25) is 4.79 Å². The largest absolute Gasteiger partial charge is 0.474 e. The van der Waals surface area contributed by atoms with Gasteiger partial charge in [0.1, 0.15) is 11.4 Å². The minimum Gasteiger partial charge on any atom is -0.474 e. The number of anilines is 1. The molecule has 10 nitrogen and oxygen atoms in total. The fourth-order valence-corrected chi connectivity index (χ4v) is 3.96. The van der Waals surface area contributed by atoms with Gasteiger partial charge in [-0.2, -0.15) is 0 Å². The van der Waals surface area contributed by atoms with E-state index < -0.39 is 23.5 Å². The summed E-state index contributed by atoms with van der Waals surface area (Å²) in [5.41, 5.74) is 0.580. The first-order chi connectivity index (χ1) is 16.2. The van der Waals surface area contributed by atoms with Gasteiger partial charge in [0.05, 0.1) is 32.1 Å². The molecule has 0 bridgehead atoms. The number of hydrogen-bond acceptors (Lipinski definition) is 8. The molecular weight excluding hydrogens is 470 g/mol. The highest BCUT2D eigenvalue weighted by Crippen LogP contribution is 2.28. The van der Waals surface area contributed by atoms with Gasteiger partial charge < -0.3 is 29.3 Å². The van der Waals surface area contributed by atoms with Gasteiger partial charge in [-0.05, 0) is 26.1 Å². The summed E-state index contributed by atoms with van der Waals surface area (Å²) < 4.78 is 47.2. The zero-order valence-corrected chi connectivity index (χ0v) is 19.9. The third-order valence-corrected chi connectivity index (χ3v) is 5.91. The molecule has 1 amide bonds. The molecule has 2 fully saturated rings. The van der Waals surface area contributed by atoms with Gasteiger partial charge in [0.15, 0.2) is 23.5 Å². The van der Waals surface area contributed by atoms with Crippen molar-refractivity contribution in [3.8, 4) is 5.69 Å². The van der Waals surface area contributed by atoms with Crippen molar-refractivity contribution < 1.29 is 27.8 Å². The Hall–Kier alpha value is -2.90. The number of ether oxygens (including phenoxy) is 3. The van der Waals surface area contributed by atoms with Crippen LogP contribution in [0.4, 0.5) is 14.5 Å². The van der Waals surface area contributed by atoms with E-state index in [-0.39, 0.29) is 48.7 Å². The van der Waals surface area contributed by atoms with Crippen LogP contribution in [0.5, 0.6) is 0 Å². The molecule has 2 aliphatic heterocycles. The summed E-state index contributed by atoms with van der Waals surface area (Å²) in [4.78, 5) is 15.9. The van der Waals surface area contributed by atoms with Crippen LogP contribution in [0.15, 0.2) is 18.3 Å². The van der Waals surface area contributed by atoms with Crippen LogP contribution < -0.4 is 10.2 Å². The Balaban J connectivity index is 1.40. The molecule has 1 N–H and O–H groups in total. The zero-order chi connectivity index (χ0) is 24.5. The predicted octanol–water partition coefficient (Wildman–Crippen LogP) is 1.37. The number of aromatic nitrogens is 3. The minimum absolute atomic E-state index is 0.134. The van der Waals surface area contributed by atoms with Crippen LogP contribution in [-0.2, 0) is 25.5 Å². The second kappa shape index (κ2) is 9.76. The third kappa shape index (κ3) is 5.26. The fraction of sp³-hybridized carbons (Fsp3) is 0.524. The molecule has 34 heavy (non-hydrogen) atoms. The third-order valence-electron chi connectivity index (χ3n) is 5.60. The highest BCUT2D eigenvalue weighted by atomic mass is 32.1. The van der Waals surface area contributed by atoms with Crippen LogP contribution in [0, 0.1) is 11.6 Å². The highest BCUT2D eigenvalue weighted by Gasteiger charge is 2.39. The topological polar surface area (TPSA) is 94.0 Å². The van der Waals surface area contributed by atoms with Gasteiger partial charge in [-0.15, -0.1) is 5.10 Å². The van der Waals surface area contributed by atoms with Crippen molar-refractivity contribution in [2.24, 2.45) is 0 Å². The number of amides is 1. The summed E-state index contributed by atoms with van der Waals surface area (Å²) in [7, 11) is 1.44. The summed E-state index contributed by atoms with van der Waals surface area (Å²) in [6, 6.07) is 2.40. The monoisotopic (exact) mass is 496 g/mol. The molecule has 4 rings (SSSR count). The maximum absolute atomic E-state index is 15.0. The predicted molar refractivity (Wildman–Crippen MR) is 121 cm³/mol. The van der Waals surface area contributed by atoms with Gasteiger partial charge in [-0.25, -0.2) is 13.5 Å². The Kier molecular flexibility index (Phi) is 6.96. The minimum atomic E-state index is -0.797. The van der Waals surface area contributed by atoms with E-state index in [1.165, 1.54) is 23.9 Å². The summed E-state index contributed by atoms with van der Waals surface area (Å²) in [6.45, 7) is 5.17. The Morgan fingerprint density at radius 3 is 2.53 bits per heavy atom. The molecule has 0 aliphatic carbocycles. The first-order valence-corrected chi connectivity index (χ1v) is 11.2. The molecule has 0 radical (unpaired) electrons. The van der Waals surface area contributed by atoms with Crippen molar-refractivity contribution in [2.75, 3.05) is 44.8 Å². The van der Waals surface area contributed by atoms with E-state index in [4.69, 9.17) is 26.4 Å². The Morgan fingerprint density at radius 2 is 1.94 bits per heavy atom. The lowest BCUT2D eigenvalue weighted by atomic mass is 10.2. The molecule has 0 unspecified atom stereocenters. The van der Waals surface area contributed by atoms with Gasteiger partial charge >= 0.3 is 0 Å². The number of carbonyl (C=O) groups excluding carboxylic acids is 1.